The van der Waals surface area contributed by atoms with E-state index in [9.17, 15) is 9.59 Å². The molecule has 1 rings (SSSR count). The second-order valence-corrected chi connectivity index (χ2v) is 4.53. The molecule has 0 aromatic carbocycles. The zero-order valence-corrected chi connectivity index (χ0v) is 10.3. The lowest BCUT2D eigenvalue weighted by Gasteiger charge is -2.27. The molecule has 0 aromatic heterocycles. The number of methoxy groups -OCH3 is 1. The zero-order chi connectivity index (χ0) is 12.7. The average molecular weight is 243 g/mol. The van der Waals surface area contributed by atoms with Crippen LogP contribution >= 0.6 is 0 Å². The molecular formula is C12H21NO4. The Morgan fingerprint density at radius 3 is 2.82 bits per heavy atom. The Hall–Kier alpha value is -1.10. The summed E-state index contributed by atoms with van der Waals surface area (Å²) in [6, 6.07) is 0.280. The van der Waals surface area contributed by atoms with Gasteiger partial charge in [0.15, 0.2) is 0 Å². The lowest BCUT2D eigenvalue weighted by molar-refractivity contribution is -0.143. The number of aliphatic carboxylic acids is 1. The number of ether oxygens (including phenoxy) is 1. The number of rotatable bonds is 6. The first kappa shape index (κ1) is 14.0. The van der Waals surface area contributed by atoms with E-state index in [-0.39, 0.29) is 17.9 Å². The van der Waals surface area contributed by atoms with Crippen molar-refractivity contribution in [1.29, 1.82) is 0 Å². The molecule has 0 aromatic rings. The van der Waals surface area contributed by atoms with E-state index in [1.165, 1.54) is 7.11 Å². The van der Waals surface area contributed by atoms with Gasteiger partial charge in [-0.15, -0.1) is 0 Å². The minimum absolute atomic E-state index is 0.196. The molecule has 0 radical (unpaired) electrons. The van der Waals surface area contributed by atoms with Crippen molar-refractivity contribution in [3.05, 3.63) is 0 Å². The highest BCUT2D eigenvalue weighted by Gasteiger charge is 2.26. The first-order chi connectivity index (χ1) is 8.13. The maximum Gasteiger partial charge on any atom is 0.306 e. The quantitative estimate of drug-likeness (QED) is 0.541. The first-order valence-electron chi connectivity index (χ1n) is 6.16. The minimum Gasteiger partial charge on any atom is -0.481 e. The van der Waals surface area contributed by atoms with Gasteiger partial charge >= 0.3 is 11.9 Å². The summed E-state index contributed by atoms with van der Waals surface area (Å²) < 4.78 is 4.55. The molecule has 0 aliphatic heterocycles. The summed E-state index contributed by atoms with van der Waals surface area (Å²) in [5.41, 5.74) is 0. The molecule has 1 aliphatic carbocycles. The van der Waals surface area contributed by atoms with Crippen molar-refractivity contribution >= 4 is 11.9 Å². The monoisotopic (exact) mass is 243 g/mol. The Kier molecular flexibility index (Phi) is 5.97. The van der Waals surface area contributed by atoms with Crippen molar-refractivity contribution in [3.63, 3.8) is 0 Å². The second-order valence-electron chi connectivity index (χ2n) is 4.53. The molecule has 0 spiro atoms. The van der Waals surface area contributed by atoms with Gasteiger partial charge in [-0.05, 0) is 32.2 Å². The number of hydrogen-bond donors (Lipinski definition) is 2. The van der Waals surface area contributed by atoms with Gasteiger partial charge in [0, 0.05) is 12.5 Å². The van der Waals surface area contributed by atoms with E-state index >= 15 is 0 Å². The van der Waals surface area contributed by atoms with Gasteiger partial charge in [-0.1, -0.05) is 6.42 Å². The van der Waals surface area contributed by atoms with Crippen LogP contribution in [0, 0.1) is 5.92 Å². The predicted octanol–water partition coefficient (Wildman–Crippen LogP) is 1.17. The summed E-state index contributed by atoms with van der Waals surface area (Å²) in [5.74, 6) is -1.09. The van der Waals surface area contributed by atoms with Crippen LogP contribution in [0.25, 0.3) is 0 Å². The van der Waals surface area contributed by atoms with Crippen LogP contribution in [0.4, 0.5) is 0 Å². The smallest absolute Gasteiger partial charge is 0.306 e. The summed E-state index contributed by atoms with van der Waals surface area (Å²) in [7, 11) is 1.38. The molecule has 2 atom stereocenters. The van der Waals surface area contributed by atoms with Gasteiger partial charge in [-0.2, -0.15) is 0 Å². The molecule has 98 valence electrons. The van der Waals surface area contributed by atoms with Crippen LogP contribution in [0.5, 0.6) is 0 Å². The number of nitrogens with one attached hydrogen (secondary N) is 1. The minimum atomic E-state index is -0.689. The Bertz CT molecular complexity index is 267. The molecule has 5 heteroatoms. The Morgan fingerprint density at radius 2 is 2.18 bits per heavy atom. The van der Waals surface area contributed by atoms with Gasteiger partial charge in [0.05, 0.1) is 13.0 Å². The normalized spacial score (nSPS) is 24.3. The molecule has 0 bridgehead atoms. The van der Waals surface area contributed by atoms with Crippen LogP contribution in [-0.4, -0.2) is 36.7 Å². The highest BCUT2D eigenvalue weighted by Crippen LogP contribution is 2.24. The van der Waals surface area contributed by atoms with Crippen molar-refractivity contribution in [2.24, 2.45) is 5.92 Å². The summed E-state index contributed by atoms with van der Waals surface area (Å²) >= 11 is 0. The number of esters is 1. The van der Waals surface area contributed by atoms with Crippen LogP contribution < -0.4 is 5.32 Å². The van der Waals surface area contributed by atoms with E-state index in [0.29, 0.717) is 12.8 Å². The van der Waals surface area contributed by atoms with Crippen molar-refractivity contribution in [2.75, 3.05) is 13.7 Å². The van der Waals surface area contributed by atoms with Gasteiger partial charge in [-0.3, -0.25) is 9.59 Å². The van der Waals surface area contributed by atoms with Crippen LogP contribution in [-0.2, 0) is 14.3 Å². The highest BCUT2D eigenvalue weighted by molar-refractivity contribution is 5.70. The lowest BCUT2D eigenvalue weighted by atomic mass is 9.86. The molecular weight excluding hydrogens is 222 g/mol. The predicted molar refractivity (Wildman–Crippen MR) is 62.6 cm³/mol. The summed E-state index contributed by atoms with van der Waals surface area (Å²) in [5, 5.41) is 12.3. The fraction of sp³-hybridized carbons (Fsp3) is 0.833. The molecule has 17 heavy (non-hydrogen) atoms. The maximum absolute atomic E-state index is 10.9. The van der Waals surface area contributed by atoms with E-state index in [1.807, 2.05) is 0 Å². The number of carbonyl (C=O) groups excluding carboxylic acids is 1. The number of carbonyl (C=O) groups is 2. The van der Waals surface area contributed by atoms with E-state index in [1.54, 1.807) is 0 Å². The SMILES string of the molecule is COC(=O)CCCNC1CCCC(C(=O)O)C1. The molecule has 1 fully saturated rings. The molecule has 1 saturated carbocycles. The van der Waals surface area contributed by atoms with Crippen molar-refractivity contribution in [3.8, 4) is 0 Å². The van der Waals surface area contributed by atoms with Crippen LogP contribution in [0.1, 0.15) is 38.5 Å². The van der Waals surface area contributed by atoms with Crippen molar-refractivity contribution in [2.45, 2.75) is 44.6 Å². The molecule has 0 saturated heterocycles. The summed E-state index contributed by atoms with van der Waals surface area (Å²) in [6.07, 6.45) is 4.64. The zero-order valence-electron chi connectivity index (χ0n) is 10.3. The fourth-order valence-electron chi connectivity index (χ4n) is 2.24. The Balaban J connectivity index is 2.14. The van der Waals surface area contributed by atoms with Gasteiger partial charge in [0.2, 0.25) is 0 Å². The average Bonchev–Trinajstić information content (AvgIpc) is 2.34. The van der Waals surface area contributed by atoms with Crippen molar-refractivity contribution in [1.82, 2.24) is 5.32 Å². The number of carboxylic acids is 1. The number of carboxylic acid groups (broad SMARTS) is 1. The van der Waals surface area contributed by atoms with Gasteiger partial charge in [-0.25, -0.2) is 0 Å². The lowest BCUT2D eigenvalue weighted by Crippen LogP contribution is -2.37. The summed E-state index contributed by atoms with van der Waals surface area (Å²) in [6.45, 7) is 0.742. The van der Waals surface area contributed by atoms with Gasteiger partial charge < -0.3 is 15.2 Å². The standard InChI is InChI=1S/C12H21NO4/c1-17-11(14)6-3-7-13-10-5-2-4-9(8-10)12(15)16/h9-10,13H,2-8H2,1H3,(H,15,16). The first-order valence-corrected chi connectivity index (χ1v) is 6.16. The van der Waals surface area contributed by atoms with Crippen LogP contribution in [0.2, 0.25) is 0 Å². The Labute approximate surface area is 102 Å². The highest BCUT2D eigenvalue weighted by atomic mass is 16.5. The molecule has 0 heterocycles. The van der Waals surface area contributed by atoms with Crippen LogP contribution in [0.15, 0.2) is 0 Å². The van der Waals surface area contributed by atoms with E-state index in [2.05, 4.69) is 10.1 Å². The van der Waals surface area contributed by atoms with E-state index < -0.39 is 5.97 Å². The molecule has 2 N–H and O–H groups in total. The largest absolute Gasteiger partial charge is 0.481 e. The molecule has 2 unspecified atom stereocenters. The van der Waals surface area contributed by atoms with Gasteiger partial charge in [0.25, 0.3) is 0 Å². The third-order valence-electron chi connectivity index (χ3n) is 3.24. The third kappa shape index (κ3) is 5.17. The summed E-state index contributed by atoms with van der Waals surface area (Å²) in [4.78, 5) is 21.7. The molecule has 0 amide bonds. The second kappa shape index (κ2) is 7.27. The topological polar surface area (TPSA) is 75.6 Å². The molecule has 5 nitrogen and oxygen atoms in total. The van der Waals surface area contributed by atoms with Crippen LogP contribution in [0.3, 0.4) is 0 Å². The Morgan fingerprint density at radius 1 is 1.41 bits per heavy atom. The maximum atomic E-state index is 10.9. The van der Waals surface area contributed by atoms with E-state index in [4.69, 9.17) is 5.11 Å². The van der Waals surface area contributed by atoms with Gasteiger partial charge in [0.1, 0.15) is 0 Å². The fourth-order valence-corrected chi connectivity index (χ4v) is 2.24. The third-order valence-corrected chi connectivity index (χ3v) is 3.24. The van der Waals surface area contributed by atoms with Crippen molar-refractivity contribution < 1.29 is 19.4 Å². The molecule has 1 aliphatic rings. The van der Waals surface area contributed by atoms with E-state index in [0.717, 1.165) is 32.2 Å². The number of hydrogen-bond acceptors (Lipinski definition) is 4.